The van der Waals surface area contributed by atoms with Gasteiger partial charge >= 0.3 is 6.08 Å². The molecule has 0 aliphatic heterocycles. The maximum Gasteiger partial charge on any atom is 0.393 e. The Hall–Kier alpha value is -1.11. The molecule has 1 aromatic rings. The van der Waals surface area contributed by atoms with Gasteiger partial charge in [0.05, 0.1) is 25.5 Å². The van der Waals surface area contributed by atoms with E-state index in [4.69, 9.17) is 18.6 Å². The first-order valence-corrected chi connectivity index (χ1v) is 6.71. The van der Waals surface area contributed by atoms with E-state index in [1.54, 1.807) is 13.4 Å². The van der Waals surface area contributed by atoms with Crippen molar-refractivity contribution in [2.75, 3.05) is 40.1 Å². The molecule has 0 fully saturated rings. The van der Waals surface area contributed by atoms with Gasteiger partial charge in [0.2, 0.25) is 0 Å². The highest BCUT2D eigenvalue weighted by Crippen LogP contribution is 2.10. The molecule has 19 heavy (non-hydrogen) atoms. The van der Waals surface area contributed by atoms with Gasteiger partial charge in [0.15, 0.2) is 0 Å². The summed E-state index contributed by atoms with van der Waals surface area (Å²) in [5.74, 6) is 0. The second-order valence-electron chi connectivity index (χ2n) is 4.09. The van der Waals surface area contributed by atoms with Crippen LogP contribution in [0.1, 0.15) is 25.5 Å². The number of hydrogen-bond acceptors (Lipinski definition) is 6. The van der Waals surface area contributed by atoms with Gasteiger partial charge in [-0.2, -0.15) is 4.98 Å². The van der Waals surface area contributed by atoms with Gasteiger partial charge in [0.25, 0.3) is 0 Å². The normalized spacial score (nSPS) is 10.8. The molecule has 0 radical (unpaired) electrons. The third-order valence-electron chi connectivity index (χ3n) is 2.35. The number of hydrogen-bond donors (Lipinski definition) is 1. The highest BCUT2D eigenvalue weighted by Gasteiger charge is 2.04. The predicted octanol–water partition coefficient (Wildman–Crippen LogP) is 1.61. The van der Waals surface area contributed by atoms with Crippen LogP contribution in [-0.4, -0.2) is 45.1 Å². The largest absolute Gasteiger partial charge is 0.450 e. The van der Waals surface area contributed by atoms with Gasteiger partial charge in [-0.1, -0.05) is 6.92 Å². The van der Waals surface area contributed by atoms with Gasteiger partial charge in [-0.15, -0.1) is 0 Å². The van der Waals surface area contributed by atoms with Gasteiger partial charge in [0.1, 0.15) is 6.26 Å². The van der Waals surface area contributed by atoms with Gasteiger partial charge in [-0.05, 0) is 13.0 Å². The maximum absolute atomic E-state index is 5.38. The van der Waals surface area contributed by atoms with E-state index in [0.29, 0.717) is 39.0 Å². The molecule has 1 aromatic heterocycles. The Kier molecular flexibility index (Phi) is 9.05. The van der Waals surface area contributed by atoms with E-state index >= 15 is 0 Å². The Morgan fingerprint density at radius 2 is 2.16 bits per heavy atom. The molecule has 0 amide bonds. The molecule has 0 aromatic carbocycles. The second kappa shape index (κ2) is 10.8. The van der Waals surface area contributed by atoms with Crippen molar-refractivity contribution in [1.82, 2.24) is 10.3 Å². The number of oxazole rings is 1. The van der Waals surface area contributed by atoms with Crippen molar-refractivity contribution in [1.29, 1.82) is 0 Å². The minimum absolute atomic E-state index is 0.324. The Morgan fingerprint density at radius 1 is 1.26 bits per heavy atom. The summed E-state index contributed by atoms with van der Waals surface area (Å²) in [4.78, 5) is 4.22. The molecule has 0 saturated carbocycles. The molecule has 0 atom stereocenters. The molecule has 0 saturated heterocycles. The fourth-order valence-corrected chi connectivity index (χ4v) is 1.39. The summed E-state index contributed by atoms with van der Waals surface area (Å²) in [5, 5.41) is 3.25. The van der Waals surface area contributed by atoms with Crippen molar-refractivity contribution in [3.63, 3.8) is 0 Å². The van der Waals surface area contributed by atoms with E-state index in [1.807, 2.05) is 0 Å². The molecule has 6 nitrogen and oxygen atoms in total. The van der Waals surface area contributed by atoms with Crippen LogP contribution in [-0.2, 0) is 16.0 Å². The fraction of sp³-hybridized carbons (Fsp3) is 0.769. The molecule has 0 aliphatic carbocycles. The van der Waals surface area contributed by atoms with Gasteiger partial charge in [0, 0.05) is 26.7 Å². The fourth-order valence-electron chi connectivity index (χ4n) is 1.39. The summed E-state index contributed by atoms with van der Waals surface area (Å²) in [6.45, 7) is 6.23. The summed E-state index contributed by atoms with van der Waals surface area (Å²) in [6.07, 6.45) is 3.84. The summed E-state index contributed by atoms with van der Waals surface area (Å²) in [5.41, 5.74) is 0.861. The van der Waals surface area contributed by atoms with Crippen LogP contribution in [0.15, 0.2) is 10.7 Å². The first-order chi connectivity index (χ1) is 9.36. The smallest absolute Gasteiger partial charge is 0.393 e. The van der Waals surface area contributed by atoms with Crippen molar-refractivity contribution >= 4 is 0 Å². The molecule has 110 valence electrons. The molecular formula is C13H24N2O4. The lowest BCUT2D eigenvalue weighted by Gasteiger charge is -2.03. The molecule has 1 rings (SSSR count). The molecule has 0 aliphatic rings. The van der Waals surface area contributed by atoms with Crippen molar-refractivity contribution in [2.24, 2.45) is 0 Å². The van der Waals surface area contributed by atoms with E-state index in [2.05, 4.69) is 17.2 Å². The topological polar surface area (TPSA) is 65.8 Å². The summed E-state index contributed by atoms with van der Waals surface area (Å²) in [7, 11) is 1.65. The van der Waals surface area contributed by atoms with E-state index < -0.39 is 0 Å². The van der Waals surface area contributed by atoms with Crippen LogP contribution in [0.3, 0.4) is 0 Å². The third-order valence-corrected chi connectivity index (χ3v) is 2.35. The van der Waals surface area contributed by atoms with E-state index in [1.165, 1.54) is 0 Å². The Balaban J connectivity index is 2.03. The van der Waals surface area contributed by atoms with Crippen LogP contribution in [0.2, 0.25) is 0 Å². The lowest BCUT2D eigenvalue weighted by molar-refractivity contribution is 0.0625. The minimum Gasteiger partial charge on any atom is -0.450 e. The first-order valence-electron chi connectivity index (χ1n) is 6.71. The Morgan fingerprint density at radius 3 is 2.95 bits per heavy atom. The van der Waals surface area contributed by atoms with Gasteiger partial charge < -0.3 is 23.9 Å². The number of nitrogens with zero attached hydrogens (tertiary/aromatic N) is 1. The SMILES string of the molecule is CCCNCc1coc(OCCCOCCOC)n1. The van der Waals surface area contributed by atoms with Crippen molar-refractivity contribution in [3.05, 3.63) is 12.0 Å². The summed E-state index contributed by atoms with van der Waals surface area (Å²) >= 11 is 0. The van der Waals surface area contributed by atoms with Crippen LogP contribution >= 0.6 is 0 Å². The standard InChI is InChI=1S/C13H24N2O4/c1-3-5-14-10-12-11-19-13(15-12)18-7-4-6-17-9-8-16-2/h11,14H,3-10H2,1-2H3. The average molecular weight is 272 g/mol. The van der Waals surface area contributed by atoms with Gasteiger partial charge in [-0.3, -0.25) is 0 Å². The number of nitrogens with one attached hydrogen (secondary N) is 1. The van der Waals surface area contributed by atoms with E-state index in [0.717, 1.165) is 25.1 Å². The third kappa shape index (κ3) is 7.81. The van der Waals surface area contributed by atoms with Crippen LogP contribution in [0.5, 0.6) is 6.08 Å². The zero-order chi connectivity index (χ0) is 13.8. The average Bonchev–Trinajstić information content (AvgIpc) is 2.86. The zero-order valence-corrected chi connectivity index (χ0v) is 11.8. The van der Waals surface area contributed by atoms with Crippen molar-refractivity contribution in [3.8, 4) is 6.08 Å². The lowest BCUT2D eigenvalue weighted by Crippen LogP contribution is -2.13. The van der Waals surface area contributed by atoms with Crippen LogP contribution < -0.4 is 10.1 Å². The lowest BCUT2D eigenvalue weighted by atomic mass is 10.4. The molecule has 0 unspecified atom stereocenters. The zero-order valence-electron chi connectivity index (χ0n) is 11.8. The number of ether oxygens (including phenoxy) is 3. The summed E-state index contributed by atoms with van der Waals surface area (Å²) in [6, 6.07) is 0. The number of aromatic nitrogens is 1. The van der Waals surface area contributed by atoms with Crippen molar-refractivity contribution < 1.29 is 18.6 Å². The minimum atomic E-state index is 0.324. The molecule has 0 spiro atoms. The Bertz CT molecular complexity index is 317. The van der Waals surface area contributed by atoms with E-state index in [9.17, 15) is 0 Å². The predicted molar refractivity (Wildman–Crippen MR) is 71.3 cm³/mol. The molecular weight excluding hydrogens is 248 g/mol. The quantitative estimate of drug-likeness (QED) is 0.583. The van der Waals surface area contributed by atoms with Gasteiger partial charge in [-0.25, -0.2) is 0 Å². The number of rotatable bonds is 12. The van der Waals surface area contributed by atoms with Crippen LogP contribution in [0.4, 0.5) is 0 Å². The molecule has 1 N–H and O–H groups in total. The van der Waals surface area contributed by atoms with Crippen LogP contribution in [0, 0.1) is 0 Å². The molecule has 0 bridgehead atoms. The molecule has 6 heteroatoms. The highest BCUT2D eigenvalue weighted by molar-refractivity contribution is 4.99. The summed E-state index contributed by atoms with van der Waals surface area (Å²) < 4.78 is 20.8. The Labute approximate surface area is 114 Å². The van der Waals surface area contributed by atoms with Crippen molar-refractivity contribution in [2.45, 2.75) is 26.3 Å². The molecule has 1 heterocycles. The highest BCUT2D eigenvalue weighted by atomic mass is 16.6. The second-order valence-corrected chi connectivity index (χ2v) is 4.09. The monoisotopic (exact) mass is 272 g/mol. The first kappa shape index (κ1) is 15.9. The van der Waals surface area contributed by atoms with E-state index in [-0.39, 0.29) is 0 Å². The number of methoxy groups -OCH3 is 1. The maximum atomic E-state index is 5.38. The van der Waals surface area contributed by atoms with Crippen LogP contribution in [0.25, 0.3) is 0 Å².